The summed E-state index contributed by atoms with van der Waals surface area (Å²) in [6.45, 7) is 14.2. The Bertz CT molecular complexity index is 397. The van der Waals surface area contributed by atoms with E-state index in [9.17, 15) is 0 Å². The molecular formula is C16H28CuF2NP. The van der Waals surface area contributed by atoms with Gasteiger partial charge in [0.2, 0.25) is 0 Å². The van der Waals surface area contributed by atoms with Gasteiger partial charge in [0.1, 0.15) is 0 Å². The van der Waals surface area contributed by atoms with E-state index in [1.165, 1.54) is 11.0 Å². The van der Waals surface area contributed by atoms with Gasteiger partial charge in [-0.15, -0.1) is 0 Å². The summed E-state index contributed by atoms with van der Waals surface area (Å²) < 4.78 is 0. The zero-order chi connectivity index (χ0) is 14.1. The second-order valence-corrected chi connectivity index (χ2v) is 10.9. The molecule has 1 rings (SSSR count). The van der Waals surface area contributed by atoms with Gasteiger partial charge in [-0.3, -0.25) is 0 Å². The fraction of sp³-hybridized carbons (Fsp3) is 0.625. The van der Waals surface area contributed by atoms with E-state index in [1.54, 1.807) is 0 Å². The van der Waals surface area contributed by atoms with E-state index in [0.29, 0.717) is 10.3 Å². The van der Waals surface area contributed by atoms with Crippen LogP contribution in [-0.4, -0.2) is 24.4 Å². The molecule has 0 aliphatic carbocycles. The van der Waals surface area contributed by atoms with Crippen molar-refractivity contribution in [1.29, 1.82) is 0 Å². The Hall–Kier alpha value is -0.171. The molecule has 0 amide bonds. The van der Waals surface area contributed by atoms with Crippen molar-refractivity contribution >= 4 is 18.9 Å². The Balaban J connectivity index is -0.00000108. The van der Waals surface area contributed by atoms with Crippen LogP contribution in [0.2, 0.25) is 0 Å². The Kier molecular flexibility index (Phi) is 11.1. The van der Waals surface area contributed by atoms with Crippen molar-refractivity contribution in [1.82, 2.24) is 0 Å². The largest absolute Gasteiger partial charge is 2.00 e. The molecule has 0 bridgehead atoms. The van der Waals surface area contributed by atoms with Crippen molar-refractivity contribution in [3.05, 3.63) is 24.3 Å². The Morgan fingerprint density at radius 1 is 0.810 bits per heavy atom. The van der Waals surface area contributed by atoms with Crippen LogP contribution in [0.25, 0.3) is 0 Å². The number of para-hydroxylation sites is 1. The molecule has 1 aromatic carbocycles. The zero-order valence-electron chi connectivity index (χ0n) is 14.3. The molecule has 0 aliphatic rings. The summed E-state index contributed by atoms with van der Waals surface area (Å²) in [5.74, 6) is 0. The molecular weight excluding hydrogens is 339 g/mol. The van der Waals surface area contributed by atoms with Gasteiger partial charge in [0.25, 0.3) is 0 Å². The molecule has 0 heterocycles. The van der Waals surface area contributed by atoms with Gasteiger partial charge in [0.05, 0.1) is 0 Å². The van der Waals surface area contributed by atoms with E-state index < -0.39 is 0 Å². The number of hydrogen-bond acceptors (Lipinski definition) is 1. The van der Waals surface area contributed by atoms with E-state index in [2.05, 4.69) is 84.8 Å². The number of benzene rings is 1. The maximum Gasteiger partial charge on any atom is 2.00 e. The number of anilines is 1. The van der Waals surface area contributed by atoms with Crippen LogP contribution < -0.4 is 19.6 Å². The quantitative estimate of drug-likeness (QED) is 0.453. The van der Waals surface area contributed by atoms with Crippen LogP contribution in [0.4, 0.5) is 5.69 Å². The molecule has 0 aromatic heterocycles. The molecule has 0 saturated heterocycles. The fourth-order valence-corrected chi connectivity index (χ4v) is 6.96. The van der Waals surface area contributed by atoms with Crippen LogP contribution in [0.5, 0.6) is 0 Å². The van der Waals surface area contributed by atoms with Crippen LogP contribution >= 0.6 is 7.92 Å². The Morgan fingerprint density at radius 2 is 1.19 bits per heavy atom. The second kappa shape index (κ2) is 9.08. The van der Waals surface area contributed by atoms with Crippen LogP contribution in [0.1, 0.15) is 41.5 Å². The summed E-state index contributed by atoms with van der Waals surface area (Å²) in [6.07, 6.45) is 0. The van der Waals surface area contributed by atoms with Gasteiger partial charge in [-0.25, -0.2) is 0 Å². The molecule has 5 heteroatoms. The predicted molar refractivity (Wildman–Crippen MR) is 86.8 cm³/mol. The fourth-order valence-electron chi connectivity index (χ4n) is 2.76. The standard InChI is InChI=1S/C16H28NP.Cu.2FH/c1-15(2,3)18(16(4,5)6)14-12-10-9-11-13(14)17(7)8;;;/h9-12H,1-8H3;;2*1H/q;+2;;/p-2. The smallest absolute Gasteiger partial charge is 1.00 e. The van der Waals surface area contributed by atoms with Gasteiger partial charge in [-0.05, 0) is 16.4 Å². The molecule has 0 atom stereocenters. The third-order valence-electron chi connectivity index (χ3n) is 2.95. The minimum absolute atomic E-state index is 0. The van der Waals surface area contributed by atoms with Gasteiger partial charge < -0.3 is 14.3 Å². The normalized spacial score (nSPS) is 11.1. The maximum absolute atomic E-state index is 2.37. The third kappa shape index (κ3) is 6.63. The van der Waals surface area contributed by atoms with E-state index in [0.717, 1.165) is 0 Å². The number of hydrogen-bond donors (Lipinski definition) is 0. The van der Waals surface area contributed by atoms with E-state index in [4.69, 9.17) is 0 Å². The van der Waals surface area contributed by atoms with Crippen LogP contribution in [0.15, 0.2) is 24.3 Å². The number of nitrogens with zero attached hydrogens (tertiary/aromatic N) is 1. The van der Waals surface area contributed by atoms with Gasteiger partial charge >= 0.3 is 17.1 Å². The van der Waals surface area contributed by atoms with Crippen LogP contribution in [0.3, 0.4) is 0 Å². The second-order valence-electron chi connectivity index (χ2n) is 7.06. The molecule has 0 unspecified atom stereocenters. The van der Waals surface area contributed by atoms with Crippen molar-refractivity contribution < 1.29 is 26.5 Å². The maximum atomic E-state index is 2.37. The van der Waals surface area contributed by atoms with Gasteiger partial charge in [0.15, 0.2) is 0 Å². The summed E-state index contributed by atoms with van der Waals surface area (Å²) in [4.78, 5) is 2.24. The minimum Gasteiger partial charge on any atom is -1.00 e. The summed E-state index contributed by atoms with van der Waals surface area (Å²) in [5, 5.41) is 2.16. The van der Waals surface area contributed by atoms with Gasteiger partial charge in [-0.2, -0.15) is 0 Å². The van der Waals surface area contributed by atoms with Crippen molar-refractivity contribution in [3.8, 4) is 0 Å². The van der Waals surface area contributed by atoms with E-state index >= 15 is 0 Å². The first-order chi connectivity index (χ1) is 8.05. The van der Waals surface area contributed by atoms with Crippen molar-refractivity contribution in [2.75, 3.05) is 19.0 Å². The molecule has 127 valence electrons. The number of halogens is 2. The molecule has 1 radical (unpaired) electrons. The first kappa shape index (κ1) is 25.8. The zero-order valence-corrected chi connectivity index (χ0v) is 16.1. The predicted octanol–water partition coefficient (Wildman–Crippen LogP) is -1.54. The molecule has 21 heavy (non-hydrogen) atoms. The monoisotopic (exact) mass is 366 g/mol. The van der Waals surface area contributed by atoms with Gasteiger partial charge in [-0.1, -0.05) is 67.7 Å². The van der Waals surface area contributed by atoms with Crippen LogP contribution in [0, 0.1) is 0 Å². The minimum atomic E-state index is -0.233. The molecule has 0 spiro atoms. The van der Waals surface area contributed by atoms with Gasteiger partial charge in [0, 0.05) is 25.1 Å². The average Bonchev–Trinajstić information content (AvgIpc) is 2.13. The van der Waals surface area contributed by atoms with E-state index in [-0.39, 0.29) is 34.4 Å². The molecule has 0 fully saturated rings. The molecule has 1 nitrogen and oxygen atoms in total. The Morgan fingerprint density at radius 3 is 1.52 bits per heavy atom. The third-order valence-corrected chi connectivity index (χ3v) is 6.49. The SMILES string of the molecule is CN(C)c1ccccc1P(C(C)(C)C)C(C)(C)C.[Cu+2].[F-].[F-]. The molecule has 0 saturated carbocycles. The summed E-state index contributed by atoms with van der Waals surface area (Å²) >= 11 is 0. The van der Waals surface area contributed by atoms with Crippen molar-refractivity contribution in [3.63, 3.8) is 0 Å². The first-order valence-corrected chi connectivity index (χ1v) is 7.96. The summed E-state index contributed by atoms with van der Waals surface area (Å²) in [5.41, 5.74) is 1.37. The number of rotatable bonds is 2. The topological polar surface area (TPSA) is 3.24 Å². The molecule has 0 aliphatic heterocycles. The van der Waals surface area contributed by atoms with Crippen molar-refractivity contribution in [2.45, 2.75) is 51.9 Å². The summed E-state index contributed by atoms with van der Waals surface area (Å²) in [6, 6.07) is 8.87. The molecule has 0 N–H and O–H groups in total. The Labute approximate surface area is 140 Å². The summed E-state index contributed by atoms with van der Waals surface area (Å²) in [7, 11) is 4.04. The van der Waals surface area contributed by atoms with Crippen LogP contribution in [-0.2, 0) is 17.1 Å². The average molecular weight is 367 g/mol. The molecule has 1 aromatic rings. The van der Waals surface area contributed by atoms with Crippen molar-refractivity contribution in [2.24, 2.45) is 0 Å². The first-order valence-electron chi connectivity index (χ1n) is 6.62. The van der Waals surface area contributed by atoms with E-state index in [1.807, 2.05) is 0 Å².